The van der Waals surface area contributed by atoms with Crippen molar-refractivity contribution in [2.45, 2.75) is 30.7 Å². The zero-order valence-corrected chi connectivity index (χ0v) is 16.0. The van der Waals surface area contributed by atoms with Crippen LogP contribution in [0.3, 0.4) is 0 Å². The van der Waals surface area contributed by atoms with Crippen LogP contribution in [-0.2, 0) is 14.6 Å². The van der Waals surface area contributed by atoms with Gasteiger partial charge < -0.3 is 20.1 Å². The number of likely N-dealkylation sites (N-methyl/N-ethyl adjacent to an activating group) is 1. The predicted octanol–water partition coefficient (Wildman–Crippen LogP) is 1.16. The molecule has 1 aliphatic heterocycles. The van der Waals surface area contributed by atoms with Crippen LogP contribution in [0, 0.1) is 0 Å². The number of benzene rings is 1. The van der Waals surface area contributed by atoms with Gasteiger partial charge in [0.15, 0.2) is 21.3 Å². The Labute approximate surface area is 154 Å². The number of halogens is 1. The Bertz CT molecular complexity index is 681. The summed E-state index contributed by atoms with van der Waals surface area (Å²) < 4.78 is 35.8. The maximum atomic E-state index is 12.4. The Kier molecular flexibility index (Phi) is 8.47. The normalized spacial score (nSPS) is 14.8. The van der Waals surface area contributed by atoms with Crippen LogP contribution in [0.15, 0.2) is 23.1 Å². The fourth-order valence-electron chi connectivity index (χ4n) is 2.14. The van der Waals surface area contributed by atoms with Gasteiger partial charge in [0.25, 0.3) is 0 Å². The van der Waals surface area contributed by atoms with E-state index < -0.39 is 9.84 Å². The van der Waals surface area contributed by atoms with E-state index in [0.717, 1.165) is 6.42 Å². The topological polar surface area (TPSA) is 93.7 Å². The van der Waals surface area contributed by atoms with E-state index in [4.69, 9.17) is 9.47 Å². The smallest absolute Gasteiger partial charge is 0.221 e. The van der Waals surface area contributed by atoms with Crippen LogP contribution < -0.4 is 20.1 Å². The molecule has 1 heterocycles. The van der Waals surface area contributed by atoms with Crippen molar-refractivity contribution < 1.29 is 22.7 Å². The summed E-state index contributed by atoms with van der Waals surface area (Å²) in [6.07, 6.45) is 0.676. The summed E-state index contributed by atoms with van der Waals surface area (Å²) in [5, 5.41) is 5.70. The first-order chi connectivity index (χ1) is 11.4. The zero-order chi connectivity index (χ0) is 17.6. The van der Waals surface area contributed by atoms with Crippen molar-refractivity contribution in [3.05, 3.63) is 18.2 Å². The van der Waals surface area contributed by atoms with E-state index in [1.165, 1.54) is 12.1 Å². The standard InChI is InChI=1S/C16H24N2O5S.ClH/c1-12(17-2)11-18-16(19)6-9-24(20,21)13-4-5-14-15(10-13)23-8-3-7-22-14;/h4-5,10,12,17H,3,6-9,11H2,1-2H3,(H,18,19);1H. The molecule has 142 valence electrons. The summed E-state index contributed by atoms with van der Waals surface area (Å²) in [4.78, 5) is 11.9. The van der Waals surface area contributed by atoms with Crippen LogP contribution in [0.4, 0.5) is 0 Å². The van der Waals surface area contributed by atoms with Crippen LogP contribution in [-0.4, -0.2) is 52.9 Å². The SMILES string of the molecule is CNC(C)CNC(=O)CCS(=O)(=O)c1ccc2c(c1)OCCCO2.Cl. The van der Waals surface area contributed by atoms with Gasteiger partial charge in [-0.15, -0.1) is 12.4 Å². The van der Waals surface area contributed by atoms with Gasteiger partial charge in [0.1, 0.15) is 0 Å². The number of rotatable bonds is 7. The third kappa shape index (κ3) is 6.37. The molecular weight excluding hydrogens is 368 g/mol. The number of nitrogens with one attached hydrogen (secondary N) is 2. The lowest BCUT2D eigenvalue weighted by Gasteiger charge is -2.12. The number of carbonyl (C=O) groups excluding carboxylic acids is 1. The van der Waals surface area contributed by atoms with Gasteiger partial charge in [-0.2, -0.15) is 0 Å². The van der Waals surface area contributed by atoms with Gasteiger partial charge in [0.05, 0.1) is 23.9 Å². The number of ether oxygens (including phenoxy) is 2. The molecule has 0 radical (unpaired) electrons. The molecule has 0 spiro atoms. The second-order valence-electron chi connectivity index (χ2n) is 5.72. The van der Waals surface area contributed by atoms with Gasteiger partial charge in [0, 0.05) is 31.5 Å². The molecular formula is C16H25ClN2O5S. The molecule has 2 rings (SSSR count). The molecule has 1 aromatic rings. The van der Waals surface area contributed by atoms with Crippen LogP contribution in [0.25, 0.3) is 0 Å². The number of hydrogen-bond donors (Lipinski definition) is 2. The lowest BCUT2D eigenvalue weighted by Crippen LogP contribution is -2.37. The lowest BCUT2D eigenvalue weighted by molar-refractivity contribution is -0.120. The summed E-state index contributed by atoms with van der Waals surface area (Å²) >= 11 is 0. The van der Waals surface area contributed by atoms with Gasteiger partial charge in [0.2, 0.25) is 5.91 Å². The van der Waals surface area contributed by atoms with Crippen molar-refractivity contribution in [2.24, 2.45) is 0 Å². The molecule has 1 aromatic carbocycles. The van der Waals surface area contributed by atoms with Gasteiger partial charge in [-0.3, -0.25) is 4.79 Å². The van der Waals surface area contributed by atoms with E-state index in [1.807, 2.05) is 6.92 Å². The first-order valence-corrected chi connectivity index (χ1v) is 9.64. The minimum atomic E-state index is -3.56. The van der Waals surface area contributed by atoms with E-state index in [1.54, 1.807) is 13.1 Å². The van der Waals surface area contributed by atoms with Crippen molar-refractivity contribution in [1.29, 1.82) is 0 Å². The monoisotopic (exact) mass is 392 g/mol. The molecule has 0 saturated heterocycles. The summed E-state index contributed by atoms with van der Waals surface area (Å²) in [6.45, 7) is 3.42. The fraction of sp³-hybridized carbons (Fsp3) is 0.562. The van der Waals surface area contributed by atoms with E-state index >= 15 is 0 Å². The molecule has 7 nitrogen and oxygen atoms in total. The van der Waals surface area contributed by atoms with Crippen LogP contribution >= 0.6 is 12.4 Å². The Balaban J connectivity index is 0.00000312. The van der Waals surface area contributed by atoms with E-state index in [-0.39, 0.29) is 41.4 Å². The van der Waals surface area contributed by atoms with Crippen molar-refractivity contribution >= 4 is 28.2 Å². The van der Waals surface area contributed by atoms with Crippen LogP contribution in [0.2, 0.25) is 0 Å². The molecule has 0 bridgehead atoms. The molecule has 0 saturated carbocycles. The third-order valence-electron chi connectivity index (χ3n) is 3.77. The quantitative estimate of drug-likeness (QED) is 0.723. The summed E-state index contributed by atoms with van der Waals surface area (Å²) in [7, 11) is -1.76. The average Bonchev–Trinajstić information content (AvgIpc) is 2.82. The molecule has 1 aliphatic rings. The van der Waals surface area contributed by atoms with Crippen molar-refractivity contribution in [3.63, 3.8) is 0 Å². The molecule has 0 fully saturated rings. The van der Waals surface area contributed by atoms with Crippen molar-refractivity contribution in [1.82, 2.24) is 10.6 Å². The first-order valence-electron chi connectivity index (χ1n) is 7.99. The molecule has 1 amide bonds. The highest BCUT2D eigenvalue weighted by atomic mass is 35.5. The molecule has 9 heteroatoms. The van der Waals surface area contributed by atoms with Gasteiger partial charge in [-0.1, -0.05) is 0 Å². The Morgan fingerprint density at radius 3 is 2.60 bits per heavy atom. The maximum Gasteiger partial charge on any atom is 0.221 e. The second kappa shape index (κ2) is 9.84. The Hall–Kier alpha value is -1.51. The van der Waals surface area contributed by atoms with Crippen LogP contribution in [0.5, 0.6) is 11.5 Å². The highest BCUT2D eigenvalue weighted by Gasteiger charge is 2.20. The van der Waals surface area contributed by atoms with Crippen LogP contribution in [0.1, 0.15) is 19.8 Å². The van der Waals surface area contributed by atoms with E-state index in [2.05, 4.69) is 10.6 Å². The van der Waals surface area contributed by atoms with Gasteiger partial charge in [-0.05, 0) is 26.1 Å². The average molecular weight is 393 g/mol. The van der Waals surface area contributed by atoms with Gasteiger partial charge in [-0.25, -0.2) is 8.42 Å². The minimum Gasteiger partial charge on any atom is -0.490 e. The van der Waals surface area contributed by atoms with E-state index in [9.17, 15) is 13.2 Å². The molecule has 0 aromatic heterocycles. The predicted molar refractivity (Wildman–Crippen MR) is 97.5 cm³/mol. The molecule has 2 N–H and O–H groups in total. The van der Waals surface area contributed by atoms with Gasteiger partial charge >= 0.3 is 0 Å². The Morgan fingerprint density at radius 1 is 1.24 bits per heavy atom. The summed E-state index contributed by atoms with van der Waals surface area (Å²) in [5.74, 6) is 0.452. The first kappa shape index (κ1) is 21.5. The van der Waals surface area contributed by atoms with Crippen molar-refractivity contribution in [2.75, 3.05) is 32.6 Å². The Morgan fingerprint density at radius 2 is 1.92 bits per heavy atom. The third-order valence-corrected chi connectivity index (χ3v) is 5.49. The molecule has 1 unspecified atom stereocenters. The number of carbonyl (C=O) groups is 1. The summed E-state index contributed by atoms with van der Waals surface area (Å²) in [5.41, 5.74) is 0. The number of sulfone groups is 1. The highest BCUT2D eigenvalue weighted by Crippen LogP contribution is 2.32. The maximum absolute atomic E-state index is 12.4. The van der Waals surface area contributed by atoms with Crippen molar-refractivity contribution in [3.8, 4) is 11.5 Å². The molecule has 1 atom stereocenters. The second-order valence-corrected chi connectivity index (χ2v) is 7.83. The number of fused-ring (bicyclic) bond motifs is 1. The lowest BCUT2D eigenvalue weighted by atomic mass is 10.3. The minimum absolute atomic E-state index is 0. The van der Waals surface area contributed by atoms with E-state index in [0.29, 0.717) is 31.3 Å². The highest BCUT2D eigenvalue weighted by molar-refractivity contribution is 7.91. The summed E-state index contributed by atoms with van der Waals surface area (Å²) in [6, 6.07) is 4.69. The molecule has 0 aliphatic carbocycles. The number of amides is 1. The fourth-order valence-corrected chi connectivity index (χ4v) is 3.39. The number of hydrogen-bond acceptors (Lipinski definition) is 6. The zero-order valence-electron chi connectivity index (χ0n) is 14.4. The largest absolute Gasteiger partial charge is 0.490 e. The molecule has 25 heavy (non-hydrogen) atoms.